The van der Waals surface area contributed by atoms with Gasteiger partial charge in [-0.3, -0.25) is 0 Å². The molecule has 1 aliphatic heterocycles. The van der Waals surface area contributed by atoms with Gasteiger partial charge in [0, 0.05) is 5.56 Å². The summed E-state index contributed by atoms with van der Waals surface area (Å²) >= 11 is 6.19. The molecule has 0 radical (unpaired) electrons. The van der Waals surface area contributed by atoms with E-state index in [-0.39, 0.29) is 18.5 Å². The van der Waals surface area contributed by atoms with Crippen LogP contribution in [0.4, 0.5) is 0 Å². The molecule has 3 N–H and O–H groups in total. The van der Waals surface area contributed by atoms with E-state index in [2.05, 4.69) is 5.16 Å². The number of oxime groups is 1. The summed E-state index contributed by atoms with van der Waals surface area (Å²) in [5, 5.41) is 11.9. The van der Waals surface area contributed by atoms with Crippen LogP contribution in [0.5, 0.6) is 11.5 Å². The maximum atomic E-state index is 8.73. The summed E-state index contributed by atoms with van der Waals surface area (Å²) in [5.74, 6) is 0.0675. The Bertz CT molecular complexity index is 577. The van der Waals surface area contributed by atoms with Gasteiger partial charge < -0.3 is 29.9 Å². The van der Waals surface area contributed by atoms with Crippen molar-refractivity contribution in [2.45, 2.75) is 25.7 Å². The van der Waals surface area contributed by atoms with E-state index in [0.29, 0.717) is 28.7 Å². The largest absolute Gasteiger partial charge is 0.493 e. The van der Waals surface area contributed by atoms with Crippen molar-refractivity contribution in [1.82, 2.24) is 0 Å². The number of hydrogen-bond acceptors (Lipinski definition) is 6. The Balaban J connectivity index is 2.14. The van der Waals surface area contributed by atoms with Gasteiger partial charge in [0.1, 0.15) is 12.7 Å². The zero-order valence-corrected chi connectivity index (χ0v) is 13.4. The molecule has 1 fully saturated rings. The number of benzene rings is 1. The molecule has 2 rings (SSSR count). The maximum Gasteiger partial charge on any atom is 0.179 e. The van der Waals surface area contributed by atoms with Crippen molar-refractivity contribution in [2.75, 3.05) is 20.3 Å². The van der Waals surface area contributed by atoms with Crippen molar-refractivity contribution in [2.24, 2.45) is 10.9 Å². The zero-order chi connectivity index (χ0) is 16.3. The van der Waals surface area contributed by atoms with Crippen LogP contribution in [0.2, 0.25) is 5.02 Å². The fourth-order valence-electron chi connectivity index (χ4n) is 2.09. The highest BCUT2D eigenvalue weighted by molar-refractivity contribution is 6.32. The molecule has 1 aromatic rings. The van der Waals surface area contributed by atoms with Gasteiger partial charge in [-0.15, -0.1) is 0 Å². The summed E-state index contributed by atoms with van der Waals surface area (Å²) in [7, 11) is 1.48. The van der Waals surface area contributed by atoms with E-state index in [1.54, 1.807) is 6.07 Å². The van der Waals surface area contributed by atoms with Gasteiger partial charge in [-0.2, -0.15) is 0 Å². The fourth-order valence-corrected chi connectivity index (χ4v) is 2.35. The van der Waals surface area contributed by atoms with E-state index < -0.39 is 5.79 Å². The molecule has 1 heterocycles. The predicted molar refractivity (Wildman–Crippen MR) is 80.9 cm³/mol. The highest BCUT2D eigenvalue weighted by Gasteiger charge is 2.33. The van der Waals surface area contributed by atoms with Crippen LogP contribution in [0, 0.1) is 0 Å². The monoisotopic (exact) mass is 330 g/mol. The van der Waals surface area contributed by atoms with Gasteiger partial charge in [0.2, 0.25) is 0 Å². The minimum atomic E-state index is -0.613. The molecule has 1 saturated heterocycles. The topological polar surface area (TPSA) is 95.5 Å². The molecular weight excluding hydrogens is 312 g/mol. The molecule has 0 saturated carbocycles. The van der Waals surface area contributed by atoms with Crippen molar-refractivity contribution >= 4 is 17.4 Å². The van der Waals surface area contributed by atoms with Crippen LogP contribution in [0.1, 0.15) is 19.4 Å². The second-order valence-corrected chi connectivity index (χ2v) is 5.64. The second-order valence-electron chi connectivity index (χ2n) is 5.24. The molecule has 1 aromatic carbocycles. The lowest BCUT2D eigenvalue weighted by atomic mass is 10.2. The Labute approximate surface area is 133 Å². The molecule has 8 heteroatoms. The molecule has 7 nitrogen and oxygen atoms in total. The molecule has 1 aliphatic rings. The molecule has 0 bridgehead atoms. The smallest absolute Gasteiger partial charge is 0.179 e. The number of rotatable bonds is 5. The van der Waals surface area contributed by atoms with Crippen LogP contribution in [-0.2, 0) is 9.47 Å². The number of methoxy groups -OCH3 is 1. The molecule has 22 heavy (non-hydrogen) atoms. The summed E-state index contributed by atoms with van der Waals surface area (Å²) in [5.41, 5.74) is 5.98. The van der Waals surface area contributed by atoms with Gasteiger partial charge in [0.15, 0.2) is 23.1 Å². The summed E-state index contributed by atoms with van der Waals surface area (Å²) in [4.78, 5) is 0. The molecule has 0 unspecified atom stereocenters. The molecule has 0 spiro atoms. The molecule has 0 amide bonds. The first kappa shape index (κ1) is 16.7. The average Bonchev–Trinajstić information content (AvgIpc) is 2.83. The lowest BCUT2D eigenvalue weighted by Gasteiger charge is -2.18. The number of hydrogen-bond donors (Lipinski definition) is 2. The minimum Gasteiger partial charge on any atom is -0.493 e. The first-order valence-electron chi connectivity index (χ1n) is 6.66. The Morgan fingerprint density at radius 3 is 2.82 bits per heavy atom. The summed E-state index contributed by atoms with van der Waals surface area (Å²) in [6.07, 6.45) is -0.195. The Kier molecular flexibility index (Phi) is 5.00. The van der Waals surface area contributed by atoms with Gasteiger partial charge in [-0.1, -0.05) is 16.8 Å². The molecule has 1 atom stereocenters. The number of nitrogens with two attached hydrogens (primary N) is 1. The highest BCUT2D eigenvalue weighted by Crippen LogP contribution is 2.37. The van der Waals surface area contributed by atoms with Crippen molar-refractivity contribution in [3.05, 3.63) is 22.7 Å². The van der Waals surface area contributed by atoms with Gasteiger partial charge >= 0.3 is 0 Å². The summed E-state index contributed by atoms with van der Waals surface area (Å²) < 4.78 is 22.1. The average molecular weight is 331 g/mol. The van der Waals surface area contributed by atoms with E-state index in [9.17, 15) is 0 Å². The lowest BCUT2D eigenvalue weighted by Crippen LogP contribution is -2.25. The van der Waals surface area contributed by atoms with E-state index in [4.69, 9.17) is 41.5 Å². The maximum absolute atomic E-state index is 8.73. The Hall–Kier alpha value is -1.70. The predicted octanol–water partition coefficient (Wildman–Crippen LogP) is 1.97. The van der Waals surface area contributed by atoms with Crippen LogP contribution in [0.25, 0.3) is 0 Å². The van der Waals surface area contributed by atoms with Gasteiger partial charge in [-0.25, -0.2) is 0 Å². The van der Waals surface area contributed by atoms with E-state index in [1.165, 1.54) is 13.2 Å². The lowest BCUT2D eigenvalue weighted by molar-refractivity contribution is -0.141. The number of halogens is 1. The normalized spacial score (nSPS) is 20.9. The minimum absolute atomic E-state index is 0.0685. The first-order valence-corrected chi connectivity index (χ1v) is 7.04. The zero-order valence-electron chi connectivity index (χ0n) is 12.6. The van der Waals surface area contributed by atoms with Gasteiger partial charge in [0.25, 0.3) is 0 Å². The molecular formula is C14H19ClN2O5. The third-order valence-corrected chi connectivity index (χ3v) is 3.39. The first-order chi connectivity index (χ1) is 10.4. The van der Waals surface area contributed by atoms with Crippen LogP contribution >= 0.6 is 11.6 Å². The SMILES string of the molecule is COc1cc(/C(N)=N/O)cc(Cl)c1OC[C@@H]1COC(C)(C)O1. The number of nitrogens with zero attached hydrogens (tertiary/aromatic N) is 1. The number of amidine groups is 1. The van der Waals surface area contributed by atoms with Crippen molar-refractivity contribution in [3.8, 4) is 11.5 Å². The summed E-state index contributed by atoms with van der Waals surface area (Å²) in [6.45, 7) is 4.39. The standard InChI is InChI=1S/C14H19ClN2O5/c1-14(2)21-7-9(22-14)6-20-12-10(15)4-8(13(16)17-18)5-11(12)19-3/h4-5,9,18H,6-7H2,1-3H3,(H2,16,17)/t9-/m1/s1. The van der Waals surface area contributed by atoms with Crippen LogP contribution < -0.4 is 15.2 Å². The number of ether oxygens (including phenoxy) is 4. The third-order valence-electron chi connectivity index (χ3n) is 3.11. The molecule has 0 aliphatic carbocycles. The van der Waals surface area contributed by atoms with E-state index in [0.717, 1.165) is 0 Å². The van der Waals surface area contributed by atoms with Crippen molar-refractivity contribution < 1.29 is 24.2 Å². The molecule has 122 valence electrons. The Morgan fingerprint density at radius 1 is 1.55 bits per heavy atom. The van der Waals surface area contributed by atoms with E-state index >= 15 is 0 Å². The highest BCUT2D eigenvalue weighted by atomic mass is 35.5. The van der Waals surface area contributed by atoms with Gasteiger partial charge in [-0.05, 0) is 26.0 Å². The van der Waals surface area contributed by atoms with Crippen molar-refractivity contribution in [3.63, 3.8) is 0 Å². The van der Waals surface area contributed by atoms with Crippen molar-refractivity contribution in [1.29, 1.82) is 0 Å². The van der Waals surface area contributed by atoms with Crippen LogP contribution in [0.3, 0.4) is 0 Å². The summed E-state index contributed by atoms with van der Waals surface area (Å²) in [6, 6.07) is 3.11. The van der Waals surface area contributed by atoms with Gasteiger partial charge in [0.05, 0.1) is 18.7 Å². The van der Waals surface area contributed by atoms with Crippen LogP contribution in [0.15, 0.2) is 17.3 Å². The third kappa shape index (κ3) is 3.73. The second kappa shape index (κ2) is 6.60. The fraction of sp³-hybridized carbons (Fsp3) is 0.500. The molecule has 0 aromatic heterocycles. The quantitative estimate of drug-likeness (QED) is 0.371. The Morgan fingerprint density at radius 2 is 2.27 bits per heavy atom. The van der Waals surface area contributed by atoms with Crippen LogP contribution in [-0.4, -0.2) is 43.3 Å². The van der Waals surface area contributed by atoms with E-state index in [1.807, 2.05) is 13.8 Å².